The summed E-state index contributed by atoms with van der Waals surface area (Å²) in [5.41, 5.74) is -0.494. The van der Waals surface area contributed by atoms with Crippen molar-refractivity contribution >= 4 is 27.7 Å². The molecule has 1 N–H and O–H groups in total. The van der Waals surface area contributed by atoms with Crippen molar-refractivity contribution in [2.75, 3.05) is 26.2 Å². The van der Waals surface area contributed by atoms with Crippen LogP contribution in [-0.2, 0) is 31.0 Å². The molecule has 2 heterocycles. The molecule has 1 saturated heterocycles. The van der Waals surface area contributed by atoms with E-state index in [1.807, 2.05) is 0 Å². The maximum atomic E-state index is 12.6. The third-order valence-corrected chi connectivity index (χ3v) is 6.68. The summed E-state index contributed by atoms with van der Waals surface area (Å²) in [6.07, 6.45) is 2.01. The molecule has 1 aromatic rings. The van der Waals surface area contributed by atoms with E-state index in [0.29, 0.717) is 19.5 Å². The molecule has 0 spiro atoms. The summed E-state index contributed by atoms with van der Waals surface area (Å²) in [5, 5.41) is 2.61. The van der Waals surface area contributed by atoms with Gasteiger partial charge < -0.3 is 9.88 Å². The number of nitrogens with zero attached hydrogens (tertiary/aromatic N) is 3. The van der Waals surface area contributed by atoms with Gasteiger partial charge in [-0.1, -0.05) is 13.8 Å². The number of carbonyl (C=O) groups is 3. The fourth-order valence-corrected chi connectivity index (χ4v) is 4.52. The molecule has 1 aromatic heterocycles. The Morgan fingerprint density at radius 1 is 1.10 bits per heavy atom. The Morgan fingerprint density at radius 3 is 2.31 bits per heavy atom. The summed E-state index contributed by atoms with van der Waals surface area (Å²) >= 11 is 0. The Balaban J connectivity index is 1.95. The molecule has 0 bridgehead atoms. The highest BCUT2D eigenvalue weighted by Gasteiger charge is 2.28. The van der Waals surface area contributed by atoms with Crippen molar-refractivity contribution in [3.05, 3.63) is 28.7 Å². The number of aromatic nitrogens is 1. The van der Waals surface area contributed by atoms with E-state index in [1.54, 1.807) is 13.8 Å². The van der Waals surface area contributed by atoms with Gasteiger partial charge in [0.05, 0.1) is 4.90 Å². The van der Waals surface area contributed by atoms with Gasteiger partial charge in [0.2, 0.25) is 27.7 Å². The molecule has 3 amide bonds. The number of hydrogen-bond donors (Lipinski definition) is 1. The van der Waals surface area contributed by atoms with Crippen LogP contribution in [0.4, 0.5) is 0 Å². The highest BCUT2D eigenvalue weighted by molar-refractivity contribution is 7.89. The summed E-state index contributed by atoms with van der Waals surface area (Å²) in [5.74, 6) is -0.887. The second-order valence-electron chi connectivity index (χ2n) is 6.56. The largest absolute Gasteiger partial charge is 0.354 e. The first kappa shape index (κ1) is 22.8. The number of rotatable bonds is 10. The van der Waals surface area contributed by atoms with Crippen LogP contribution in [0.25, 0.3) is 0 Å². The standard InChI is InChI=1S/C18H26N4O6S/c1-3-21(4-2)29(27,28)14-6-7-16(24)20(12-14)13-15(23)19-10-5-11-22-17(25)8-9-18(22)26/h6-7,12H,3-5,8-11,13H2,1-2H3,(H,19,23). The monoisotopic (exact) mass is 426 g/mol. The molecule has 0 aliphatic carbocycles. The van der Waals surface area contributed by atoms with Crippen LogP contribution in [0.1, 0.15) is 33.1 Å². The van der Waals surface area contributed by atoms with Crippen molar-refractivity contribution in [1.82, 2.24) is 19.1 Å². The Hall–Kier alpha value is -2.53. The number of nitrogens with one attached hydrogen (secondary N) is 1. The SMILES string of the molecule is CCN(CC)S(=O)(=O)c1ccc(=O)n(CC(=O)NCCCN2C(=O)CCC2=O)c1. The van der Waals surface area contributed by atoms with E-state index in [9.17, 15) is 27.6 Å². The zero-order chi connectivity index (χ0) is 21.6. The lowest BCUT2D eigenvalue weighted by Gasteiger charge is -2.19. The molecule has 0 unspecified atom stereocenters. The molecule has 1 aliphatic heterocycles. The molecular weight excluding hydrogens is 400 g/mol. The fourth-order valence-electron chi connectivity index (χ4n) is 3.05. The number of amides is 3. The lowest BCUT2D eigenvalue weighted by molar-refractivity contribution is -0.138. The van der Waals surface area contributed by atoms with Crippen LogP contribution in [-0.4, -0.2) is 66.1 Å². The predicted molar refractivity (Wildman–Crippen MR) is 104 cm³/mol. The molecule has 1 aliphatic rings. The second kappa shape index (κ2) is 9.79. The van der Waals surface area contributed by atoms with Gasteiger partial charge in [-0.2, -0.15) is 4.31 Å². The van der Waals surface area contributed by atoms with Gasteiger partial charge in [-0.3, -0.25) is 24.1 Å². The summed E-state index contributed by atoms with van der Waals surface area (Å²) in [4.78, 5) is 48.3. The number of pyridine rings is 1. The molecule has 11 heteroatoms. The highest BCUT2D eigenvalue weighted by Crippen LogP contribution is 2.14. The van der Waals surface area contributed by atoms with Gasteiger partial charge in [-0.15, -0.1) is 0 Å². The van der Waals surface area contributed by atoms with Crippen LogP contribution >= 0.6 is 0 Å². The third kappa shape index (κ3) is 5.51. The predicted octanol–water partition coefficient (Wildman–Crippen LogP) is -0.466. The molecule has 10 nitrogen and oxygen atoms in total. The van der Waals surface area contributed by atoms with Gasteiger partial charge >= 0.3 is 0 Å². The van der Waals surface area contributed by atoms with E-state index >= 15 is 0 Å². The van der Waals surface area contributed by atoms with E-state index in [0.717, 1.165) is 16.8 Å². The minimum absolute atomic E-state index is 0.0559. The summed E-state index contributed by atoms with van der Waals surface area (Å²) in [7, 11) is -3.74. The molecule has 160 valence electrons. The fraction of sp³-hybridized carbons (Fsp3) is 0.556. The number of hydrogen-bond acceptors (Lipinski definition) is 6. The van der Waals surface area contributed by atoms with Crippen molar-refractivity contribution in [3.63, 3.8) is 0 Å². The summed E-state index contributed by atoms with van der Waals surface area (Å²) in [6.45, 7) is 4.14. The van der Waals surface area contributed by atoms with Crippen LogP contribution in [0.3, 0.4) is 0 Å². The topological polar surface area (TPSA) is 126 Å². The van der Waals surface area contributed by atoms with Crippen LogP contribution in [0.15, 0.2) is 28.0 Å². The highest BCUT2D eigenvalue weighted by atomic mass is 32.2. The van der Waals surface area contributed by atoms with Crippen LogP contribution < -0.4 is 10.9 Å². The minimum Gasteiger partial charge on any atom is -0.354 e. The average Bonchev–Trinajstić information content (AvgIpc) is 2.99. The van der Waals surface area contributed by atoms with Gasteiger partial charge in [-0.05, 0) is 12.5 Å². The van der Waals surface area contributed by atoms with Gasteiger partial charge in [0.1, 0.15) is 6.54 Å². The number of likely N-dealkylation sites (tertiary alicyclic amines) is 1. The van der Waals surface area contributed by atoms with Crippen molar-refractivity contribution in [2.24, 2.45) is 0 Å². The zero-order valence-electron chi connectivity index (χ0n) is 16.6. The zero-order valence-corrected chi connectivity index (χ0v) is 17.4. The third-order valence-electron chi connectivity index (χ3n) is 4.65. The first-order valence-corrected chi connectivity index (χ1v) is 10.9. The number of imide groups is 1. The van der Waals surface area contributed by atoms with Crippen molar-refractivity contribution < 1.29 is 22.8 Å². The van der Waals surface area contributed by atoms with E-state index < -0.39 is 21.5 Å². The first-order chi connectivity index (χ1) is 13.7. The molecule has 0 saturated carbocycles. The Kier molecular flexibility index (Phi) is 7.68. The van der Waals surface area contributed by atoms with Crippen LogP contribution in [0.5, 0.6) is 0 Å². The molecule has 0 radical (unpaired) electrons. The van der Waals surface area contributed by atoms with Gasteiger partial charge in [-0.25, -0.2) is 8.42 Å². The Bertz CT molecular complexity index is 920. The van der Waals surface area contributed by atoms with E-state index in [-0.39, 0.29) is 49.2 Å². The maximum Gasteiger partial charge on any atom is 0.251 e. The Labute approximate surface area is 169 Å². The average molecular weight is 426 g/mol. The molecule has 0 atom stereocenters. The van der Waals surface area contributed by atoms with Gasteiger partial charge in [0, 0.05) is 51.3 Å². The van der Waals surface area contributed by atoms with Gasteiger partial charge in [0.25, 0.3) is 5.56 Å². The van der Waals surface area contributed by atoms with E-state index in [4.69, 9.17) is 0 Å². The van der Waals surface area contributed by atoms with Crippen molar-refractivity contribution in [1.29, 1.82) is 0 Å². The number of carbonyl (C=O) groups excluding carboxylic acids is 3. The normalized spacial score (nSPS) is 14.7. The number of sulfonamides is 1. The second-order valence-corrected chi connectivity index (χ2v) is 8.50. The van der Waals surface area contributed by atoms with Crippen LogP contribution in [0, 0.1) is 0 Å². The van der Waals surface area contributed by atoms with E-state index in [1.165, 1.54) is 15.3 Å². The summed E-state index contributed by atoms with van der Waals surface area (Å²) < 4.78 is 27.5. The quantitative estimate of drug-likeness (QED) is 0.398. The molecule has 29 heavy (non-hydrogen) atoms. The Morgan fingerprint density at radius 2 is 1.72 bits per heavy atom. The summed E-state index contributed by atoms with van der Waals surface area (Å²) in [6, 6.07) is 2.35. The van der Waals surface area contributed by atoms with E-state index in [2.05, 4.69) is 5.32 Å². The molecule has 0 aromatic carbocycles. The van der Waals surface area contributed by atoms with Crippen LogP contribution in [0.2, 0.25) is 0 Å². The van der Waals surface area contributed by atoms with Gasteiger partial charge in [0.15, 0.2) is 0 Å². The first-order valence-electron chi connectivity index (χ1n) is 9.51. The lowest BCUT2D eigenvalue weighted by Crippen LogP contribution is -2.36. The maximum absolute atomic E-state index is 12.6. The van der Waals surface area contributed by atoms with Crippen molar-refractivity contribution in [3.8, 4) is 0 Å². The molecule has 2 rings (SSSR count). The molecular formula is C18H26N4O6S. The lowest BCUT2D eigenvalue weighted by atomic mass is 10.3. The minimum atomic E-state index is -3.74. The smallest absolute Gasteiger partial charge is 0.251 e. The van der Waals surface area contributed by atoms with Crippen molar-refractivity contribution in [2.45, 2.75) is 44.6 Å². The molecule has 1 fully saturated rings.